The van der Waals surface area contributed by atoms with E-state index < -0.39 is 0 Å². The number of ether oxygens (including phenoxy) is 5. The molecule has 35 heavy (non-hydrogen) atoms. The molecule has 0 bridgehead atoms. The van der Waals surface area contributed by atoms with E-state index in [0.717, 1.165) is 33.6 Å². The lowest BCUT2D eigenvalue weighted by atomic mass is 9.99. The van der Waals surface area contributed by atoms with E-state index in [2.05, 4.69) is 0 Å². The van der Waals surface area contributed by atoms with E-state index >= 15 is 0 Å². The second-order valence-electron chi connectivity index (χ2n) is 7.93. The Morgan fingerprint density at radius 3 is 1.71 bits per heavy atom. The number of hydrogen-bond donors (Lipinski definition) is 0. The van der Waals surface area contributed by atoms with Crippen LogP contribution in [0.4, 0.5) is 0 Å². The van der Waals surface area contributed by atoms with Crippen LogP contribution < -0.4 is 18.9 Å². The van der Waals surface area contributed by atoms with Gasteiger partial charge in [0.1, 0.15) is 12.4 Å². The monoisotopic (exact) mass is 470 g/mol. The molecule has 4 aromatic carbocycles. The van der Waals surface area contributed by atoms with Gasteiger partial charge in [0.2, 0.25) is 5.75 Å². The van der Waals surface area contributed by atoms with Crippen LogP contribution in [0.5, 0.6) is 23.0 Å². The minimum atomic E-state index is 0.346. The van der Waals surface area contributed by atoms with E-state index in [1.54, 1.807) is 21.3 Å². The fourth-order valence-electron chi connectivity index (χ4n) is 4.00. The summed E-state index contributed by atoms with van der Waals surface area (Å²) in [6.45, 7) is 1.30. The van der Waals surface area contributed by atoms with Crippen LogP contribution in [-0.2, 0) is 24.6 Å². The fraction of sp³-hybridized carbons (Fsp3) is 0.200. The summed E-state index contributed by atoms with van der Waals surface area (Å²) in [5.41, 5.74) is 4.79. The Hall–Kier alpha value is -3.96. The predicted molar refractivity (Wildman–Crippen MR) is 137 cm³/mol. The highest BCUT2D eigenvalue weighted by molar-refractivity contribution is 5.81. The Balaban J connectivity index is 1.69. The topological polar surface area (TPSA) is 46.2 Å². The van der Waals surface area contributed by atoms with Gasteiger partial charge in [0.25, 0.3) is 0 Å². The maximum Gasteiger partial charge on any atom is 0.204 e. The van der Waals surface area contributed by atoms with E-state index in [1.807, 2.05) is 91.0 Å². The van der Waals surface area contributed by atoms with Gasteiger partial charge in [-0.05, 0) is 23.3 Å². The predicted octanol–water partition coefficient (Wildman–Crippen LogP) is 6.68. The molecule has 0 saturated heterocycles. The minimum Gasteiger partial charge on any atom is -0.492 e. The van der Waals surface area contributed by atoms with Crippen LogP contribution in [0.2, 0.25) is 0 Å². The zero-order valence-electron chi connectivity index (χ0n) is 20.3. The Bertz CT molecular complexity index is 1220. The number of methoxy groups -OCH3 is 3. The maximum atomic E-state index is 6.23. The summed E-state index contributed by atoms with van der Waals surface area (Å²) < 4.78 is 29.5. The number of rotatable bonds is 11. The van der Waals surface area contributed by atoms with Crippen molar-refractivity contribution in [2.75, 3.05) is 21.3 Å². The molecule has 0 saturated carbocycles. The van der Waals surface area contributed by atoms with E-state index in [1.165, 1.54) is 0 Å². The fourth-order valence-corrected chi connectivity index (χ4v) is 4.00. The highest BCUT2D eigenvalue weighted by atomic mass is 16.5. The Kier molecular flexibility index (Phi) is 8.25. The second kappa shape index (κ2) is 12.0. The van der Waals surface area contributed by atoms with Crippen molar-refractivity contribution in [3.63, 3.8) is 0 Å². The molecule has 0 spiro atoms. The van der Waals surface area contributed by atoms with Gasteiger partial charge in [0.05, 0.1) is 34.5 Å². The molecule has 4 rings (SSSR count). The minimum absolute atomic E-state index is 0.346. The summed E-state index contributed by atoms with van der Waals surface area (Å²) in [4.78, 5) is 0. The third kappa shape index (κ3) is 5.76. The van der Waals surface area contributed by atoms with Crippen LogP contribution >= 0.6 is 0 Å². The van der Waals surface area contributed by atoms with Crippen molar-refractivity contribution in [2.45, 2.75) is 19.8 Å². The summed E-state index contributed by atoms with van der Waals surface area (Å²) in [6, 6.07) is 30.1. The van der Waals surface area contributed by atoms with E-state index in [4.69, 9.17) is 23.7 Å². The van der Waals surface area contributed by atoms with Crippen molar-refractivity contribution in [3.8, 4) is 34.1 Å². The van der Waals surface area contributed by atoms with Gasteiger partial charge in [-0.2, -0.15) is 0 Å². The SMILES string of the molecule is COc1c(COCc2ccccc2)cc(-c2ccccc2OCc2ccccc2)c(OC)c1OC. The molecular weight excluding hydrogens is 440 g/mol. The van der Waals surface area contributed by atoms with E-state index in [-0.39, 0.29) is 0 Å². The highest BCUT2D eigenvalue weighted by Gasteiger charge is 2.23. The molecule has 4 aromatic rings. The molecule has 0 atom stereocenters. The summed E-state index contributed by atoms with van der Waals surface area (Å²) >= 11 is 0. The summed E-state index contributed by atoms with van der Waals surface area (Å²) in [5, 5.41) is 0. The van der Waals surface area contributed by atoms with Gasteiger partial charge in [-0.25, -0.2) is 0 Å². The van der Waals surface area contributed by atoms with Gasteiger partial charge in [-0.3, -0.25) is 0 Å². The smallest absolute Gasteiger partial charge is 0.204 e. The first-order chi connectivity index (χ1) is 17.2. The van der Waals surface area contributed by atoms with Crippen molar-refractivity contribution < 1.29 is 23.7 Å². The molecule has 0 N–H and O–H groups in total. The van der Waals surface area contributed by atoms with E-state index in [9.17, 15) is 0 Å². The molecule has 0 heterocycles. The van der Waals surface area contributed by atoms with Gasteiger partial charge in [-0.1, -0.05) is 78.9 Å². The first-order valence-corrected chi connectivity index (χ1v) is 11.4. The molecule has 0 aromatic heterocycles. The maximum absolute atomic E-state index is 6.23. The van der Waals surface area contributed by atoms with Gasteiger partial charge in [0, 0.05) is 16.7 Å². The average Bonchev–Trinajstić information content (AvgIpc) is 2.92. The zero-order valence-corrected chi connectivity index (χ0v) is 20.3. The van der Waals surface area contributed by atoms with Crippen molar-refractivity contribution in [1.29, 1.82) is 0 Å². The third-order valence-electron chi connectivity index (χ3n) is 5.66. The quantitative estimate of drug-likeness (QED) is 0.245. The van der Waals surface area contributed by atoms with Crippen LogP contribution in [-0.4, -0.2) is 21.3 Å². The van der Waals surface area contributed by atoms with Gasteiger partial charge >= 0.3 is 0 Å². The third-order valence-corrected chi connectivity index (χ3v) is 5.66. The van der Waals surface area contributed by atoms with Crippen LogP contribution in [0, 0.1) is 0 Å². The lowest BCUT2D eigenvalue weighted by molar-refractivity contribution is 0.105. The Morgan fingerprint density at radius 1 is 0.514 bits per heavy atom. The molecule has 0 amide bonds. The molecule has 5 nitrogen and oxygen atoms in total. The largest absolute Gasteiger partial charge is 0.492 e. The second-order valence-corrected chi connectivity index (χ2v) is 7.93. The van der Waals surface area contributed by atoms with Crippen molar-refractivity contribution in [3.05, 3.63) is 108 Å². The molecule has 5 heteroatoms. The van der Waals surface area contributed by atoms with Crippen molar-refractivity contribution >= 4 is 0 Å². The van der Waals surface area contributed by atoms with Crippen molar-refractivity contribution in [1.82, 2.24) is 0 Å². The van der Waals surface area contributed by atoms with Gasteiger partial charge < -0.3 is 23.7 Å². The molecule has 0 radical (unpaired) electrons. The number of benzene rings is 4. The molecule has 0 fully saturated rings. The molecule has 180 valence electrons. The number of hydrogen-bond acceptors (Lipinski definition) is 5. The van der Waals surface area contributed by atoms with Crippen molar-refractivity contribution in [2.24, 2.45) is 0 Å². The summed E-state index contributed by atoms with van der Waals surface area (Å²) in [6.07, 6.45) is 0. The molecular formula is C30H30O5. The Morgan fingerprint density at radius 2 is 1.09 bits per heavy atom. The molecule has 0 aliphatic heterocycles. The first kappa shape index (κ1) is 24.2. The standard InChI is InChI=1S/C30H30O5/c1-31-28-24(21-34-19-22-12-6-4-7-13-22)18-26(29(32-2)30(28)33-3)25-16-10-11-17-27(25)35-20-23-14-8-5-9-15-23/h4-18H,19-21H2,1-3H3. The van der Waals surface area contributed by atoms with Crippen LogP contribution in [0.25, 0.3) is 11.1 Å². The lowest BCUT2D eigenvalue weighted by Gasteiger charge is -2.21. The number of para-hydroxylation sites is 1. The molecule has 0 aliphatic carbocycles. The average molecular weight is 471 g/mol. The summed E-state index contributed by atoms with van der Waals surface area (Å²) in [7, 11) is 4.85. The highest BCUT2D eigenvalue weighted by Crippen LogP contribution is 2.48. The normalized spacial score (nSPS) is 10.6. The van der Waals surface area contributed by atoms with Crippen LogP contribution in [0.15, 0.2) is 91.0 Å². The lowest BCUT2D eigenvalue weighted by Crippen LogP contribution is -2.04. The first-order valence-electron chi connectivity index (χ1n) is 11.4. The molecule has 0 aliphatic rings. The van der Waals surface area contributed by atoms with Gasteiger partial charge in [0.15, 0.2) is 11.5 Å². The van der Waals surface area contributed by atoms with Crippen LogP contribution in [0.3, 0.4) is 0 Å². The van der Waals surface area contributed by atoms with Gasteiger partial charge in [-0.15, -0.1) is 0 Å². The van der Waals surface area contributed by atoms with Crippen LogP contribution in [0.1, 0.15) is 16.7 Å². The zero-order chi connectivity index (χ0) is 24.5. The Labute approximate surface area is 206 Å². The van der Waals surface area contributed by atoms with E-state index in [0.29, 0.717) is 37.1 Å². The molecule has 0 unspecified atom stereocenters. The summed E-state index contributed by atoms with van der Waals surface area (Å²) in [5.74, 6) is 2.43.